The van der Waals surface area contributed by atoms with Crippen molar-refractivity contribution >= 4 is 27.6 Å². The number of halogens is 1. The van der Waals surface area contributed by atoms with Gasteiger partial charge in [0.1, 0.15) is 18.0 Å². The first-order chi connectivity index (χ1) is 10.2. The van der Waals surface area contributed by atoms with Crippen molar-refractivity contribution in [1.29, 1.82) is 0 Å². The molecule has 0 spiro atoms. The first-order valence-corrected chi connectivity index (χ1v) is 7.88. The second-order valence-corrected chi connectivity index (χ2v) is 6.15. The quantitative estimate of drug-likeness (QED) is 0.854. The van der Waals surface area contributed by atoms with E-state index < -0.39 is 0 Å². The molecule has 1 aliphatic heterocycles. The van der Waals surface area contributed by atoms with Gasteiger partial charge in [0.2, 0.25) is 0 Å². The zero-order chi connectivity index (χ0) is 14.7. The van der Waals surface area contributed by atoms with Crippen LogP contribution in [-0.4, -0.2) is 41.1 Å². The Morgan fingerprint density at radius 1 is 1.19 bits per heavy atom. The van der Waals surface area contributed by atoms with Crippen LogP contribution in [0.15, 0.2) is 41.4 Å². The number of nitrogens with zero attached hydrogens (tertiary/aromatic N) is 5. The van der Waals surface area contributed by atoms with Crippen LogP contribution in [-0.2, 0) is 0 Å². The molecule has 0 unspecified atom stereocenters. The predicted molar refractivity (Wildman–Crippen MR) is 87.6 cm³/mol. The first-order valence-electron chi connectivity index (χ1n) is 7.09. The van der Waals surface area contributed by atoms with Crippen LogP contribution in [0.4, 0.5) is 11.6 Å². The SMILES string of the molecule is CN(c1ccncn1)C1CCN(c2ccc(Br)cn2)CC1. The summed E-state index contributed by atoms with van der Waals surface area (Å²) in [4.78, 5) is 17.4. The second-order valence-electron chi connectivity index (χ2n) is 5.23. The molecule has 0 amide bonds. The fourth-order valence-electron chi connectivity index (χ4n) is 2.72. The van der Waals surface area contributed by atoms with Gasteiger partial charge < -0.3 is 9.80 Å². The summed E-state index contributed by atoms with van der Waals surface area (Å²) in [6, 6.07) is 6.59. The summed E-state index contributed by atoms with van der Waals surface area (Å²) in [5.41, 5.74) is 0. The summed E-state index contributed by atoms with van der Waals surface area (Å²) in [5, 5.41) is 0. The average molecular weight is 348 g/mol. The van der Waals surface area contributed by atoms with E-state index in [4.69, 9.17) is 0 Å². The third kappa shape index (κ3) is 3.32. The van der Waals surface area contributed by atoms with E-state index in [1.807, 2.05) is 18.3 Å². The molecule has 1 fully saturated rings. The minimum absolute atomic E-state index is 0.520. The summed E-state index contributed by atoms with van der Waals surface area (Å²) in [6.45, 7) is 2.05. The van der Waals surface area contributed by atoms with E-state index in [0.29, 0.717) is 6.04 Å². The standard InChI is InChI=1S/C15H18BrN5/c1-20(14-4-7-17-11-19-14)13-5-8-21(9-6-13)15-3-2-12(16)10-18-15/h2-4,7,10-11,13H,5-6,8-9H2,1H3. The zero-order valence-electron chi connectivity index (χ0n) is 12.0. The molecule has 2 aromatic heterocycles. The van der Waals surface area contributed by atoms with Crippen molar-refractivity contribution in [3.8, 4) is 0 Å². The Balaban J connectivity index is 1.61. The molecule has 0 aromatic carbocycles. The highest BCUT2D eigenvalue weighted by Gasteiger charge is 2.23. The fourth-order valence-corrected chi connectivity index (χ4v) is 2.95. The molecule has 6 heteroatoms. The highest BCUT2D eigenvalue weighted by Crippen LogP contribution is 2.23. The van der Waals surface area contributed by atoms with Gasteiger partial charge in [-0.2, -0.15) is 0 Å². The van der Waals surface area contributed by atoms with Crippen LogP contribution in [0.2, 0.25) is 0 Å². The van der Waals surface area contributed by atoms with Crippen molar-refractivity contribution in [2.24, 2.45) is 0 Å². The molecule has 1 saturated heterocycles. The minimum Gasteiger partial charge on any atom is -0.356 e. The molecule has 3 heterocycles. The van der Waals surface area contributed by atoms with Crippen molar-refractivity contribution in [3.63, 3.8) is 0 Å². The van der Waals surface area contributed by atoms with Gasteiger partial charge >= 0.3 is 0 Å². The first kappa shape index (κ1) is 14.3. The van der Waals surface area contributed by atoms with Gasteiger partial charge in [-0.1, -0.05) is 0 Å². The Bertz CT molecular complexity index is 566. The molecule has 110 valence electrons. The lowest BCUT2D eigenvalue weighted by molar-refractivity contribution is 0.478. The van der Waals surface area contributed by atoms with Crippen LogP contribution < -0.4 is 9.80 Å². The van der Waals surface area contributed by atoms with Gasteiger partial charge in [0.15, 0.2) is 0 Å². The number of rotatable bonds is 3. The van der Waals surface area contributed by atoms with Crippen LogP contribution in [0.1, 0.15) is 12.8 Å². The van der Waals surface area contributed by atoms with Crippen molar-refractivity contribution in [3.05, 3.63) is 41.4 Å². The number of pyridine rings is 1. The van der Waals surface area contributed by atoms with Crippen LogP contribution in [0.3, 0.4) is 0 Å². The molecule has 0 radical (unpaired) electrons. The molecule has 0 N–H and O–H groups in total. The maximum atomic E-state index is 4.47. The maximum absolute atomic E-state index is 4.47. The van der Waals surface area contributed by atoms with Crippen LogP contribution in [0, 0.1) is 0 Å². The zero-order valence-corrected chi connectivity index (χ0v) is 13.6. The normalized spacial score (nSPS) is 16.0. The maximum Gasteiger partial charge on any atom is 0.131 e. The lowest BCUT2D eigenvalue weighted by Gasteiger charge is -2.37. The molecule has 1 aliphatic rings. The molecular formula is C15H18BrN5. The lowest BCUT2D eigenvalue weighted by atomic mass is 10.0. The third-order valence-electron chi connectivity index (χ3n) is 3.98. The number of piperidine rings is 1. The summed E-state index contributed by atoms with van der Waals surface area (Å²) < 4.78 is 1.02. The van der Waals surface area contributed by atoms with Gasteiger partial charge in [0.25, 0.3) is 0 Å². The third-order valence-corrected chi connectivity index (χ3v) is 4.44. The Hall–Kier alpha value is -1.69. The van der Waals surface area contributed by atoms with Gasteiger partial charge in [-0.15, -0.1) is 0 Å². The van der Waals surface area contributed by atoms with E-state index >= 15 is 0 Å². The van der Waals surface area contributed by atoms with E-state index in [1.54, 1.807) is 12.5 Å². The number of hydrogen-bond acceptors (Lipinski definition) is 5. The van der Waals surface area contributed by atoms with Crippen molar-refractivity contribution in [2.45, 2.75) is 18.9 Å². The molecule has 0 saturated carbocycles. The molecule has 0 atom stereocenters. The largest absolute Gasteiger partial charge is 0.356 e. The van der Waals surface area contributed by atoms with Gasteiger partial charge in [-0.3, -0.25) is 0 Å². The summed E-state index contributed by atoms with van der Waals surface area (Å²) in [5.74, 6) is 2.05. The number of aromatic nitrogens is 3. The number of anilines is 2. The fraction of sp³-hybridized carbons (Fsp3) is 0.400. The van der Waals surface area contributed by atoms with Gasteiger partial charge in [-0.25, -0.2) is 15.0 Å². The van der Waals surface area contributed by atoms with Crippen LogP contribution in [0.5, 0.6) is 0 Å². The van der Waals surface area contributed by atoms with Gasteiger partial charge in [-0.05, 0) is 47.0 Å². The highest BCUT2D eigenvalue weighted by molar-refractivity contribution is 9.10. The van der Waals surface area contributed by atoms with Crippen molar-refractivity contribution in [1.82, 2.24) is 15.0 Å². The van der Waals surface area contributed by atoms with Crippen molar-refractivity contribution in [2.75, 3.05) is 29.9 Å². The number of hydrogen-bond donors (Lipinski definition) is 0. The topological polar surface area (TPSA) is 45.2 Å². The smallest absolute Gasteiger partial charge is 0.131 e. The van der Waals surface area contributed by atoms with Gasteiger partial charge in [0.05, 0.1) is 0 Å². The van der Waals surface area contributed by atoms with E-state index in [-0.39, 0.29) is 0 Å². The van der Waals surface area contributed by atoms with E-state index in [9.17, 15) is 0 Å². The lowest BCUT2D eigenvalue weighted by Crippen LogP contribution is -2.44. The monoisotopic (exact) mass is 347 g/mol. The van der Waals surface area contributed by atoms with Crippen LogP contribution >= 0.6 is 15.9 Å². The molecule has 5 nitrogen and oxygen atoms in total. The predicted octanol–water partition coefficient (Wildman–Crippen LogP) is 2.74. The molecular weight excluding hydrogens is 330 g/mol. The summed E-state index contributed by atoms with van der Waals surface area (Å²) in [7, 11) is 2.11. The van der Waals surface area contributed by atoms with Crippen molar-refractivity contribution < 1.29 is 0 Å². The molecule has 21 heavy (non-hydrogen) atoms. The second kappa shape index (κ2) is 6.39. The minimum atomic E-state index is 0.520. The van der Waals surface area contributed by atoms with Gasteiger partial charge in [0, 0.05) is 43.0 Å². The average Bonchev–Trinajstić information content (AvgIpc) is 2.56. The highest BCUT2D eigenvalue weighted by atomic mass is 79.9. The Kier molecular flexibility index (Phi) is 4.34. The Labute approximate surface area is 133 Å². The van der Waals surface area contributed by atoms with E-state index in [1.165, 1.54) is 0 Å². The molecule has 2 aromatic rings. The van der Waals surface area contributed by atoms with E-state index in [2.05, 4.69) is 53.8 Å². The molecule has 0 aliphatic carbocycles. The molecule has 3 rings (SSSR count). The molecule has 0 bridgehead atoms. The summed E-state index contributed by atoms with van der Waals surface area (Å²) >= 11 is 3.42. The Morgan fingerprint density at radius 2 is 2.00 bits per heavy atom. The van der Waals surface area contributed by atoms with Crippen LogP contribution in [0.25, 0.3) is 0 Å². The Morgan fingerprint density at radius 3 is 2.62 bits per heavy atom. The van der Waals surface area contributed by atoms with E-state index in [0.717, 1.165) is 42.0 Å². The summed E-state index contributed by atoms with van der Waals surface area (Å²) in [6.07, 6.45) is 7.47.